The van der Waals surface area contributed by atoms with Crippen molar-refractivity contribution in [2.75, 3.05) is 7.11 Å². The van der Waals surface area contributed by atoms with Crippen molar-refractivity contribution in [1.82, 2.24) is 0 Å². The van der Waals surface area contributed by atoms with E-state index in [1.165, 1.54) is 7.11 Å². The van der Waals surface area contributed by atoms with Crippen LogP contribution >= 0.6 is 11.6 Å². The lowest BCUT2D eigenvalue weighted by Crippen LogP contribution is -2.16. The number of methoxy groups -OCH3 is 1. The Balaban J connectivity index is 2.81. The fourth-order valence-corrected chi connectivity index (χ4v) is 1.42. The maximum atomic E-state index is 11.2. The van der Waals surface area contributed by atoms with E-state index >= 15 is 0 Å². The summed E-state index contributed by atoms with van der Waals surface area (Å²) in [5, 5.41) is 9.34. The number of benzene rings is 1. The first-order chi connectivity index (χ1) is 7.19. The van der Waals surface area contributed by atoms with Crippen LogP contribution in [0.2, 0.25) is 5.02 Å². The molecule has 0 spiro atoms. The standard InChI is InChI=1S/C11H10ClNO2/c1-15-11(14)9(7-13)6-8-4-2-3-5-10(8)12/h2-5,9H,6H2,1H3/t9-/m0/s1. The third kappa shape index (κ3) is 2.97. The summed E-state index contributed by atoms with van der Waals surface area (Å²) in [5.74, 6) is -1.33. The lowest BCUT2D eigenvalue weighted by molar-refractivity contribution is -0.143. The predicted octanol–water partition coefficient (Wildman–Crippen LogP) is 2.20. The molecule has 0 bridgehead atoms. The number of hydrogen-bond donors (Lipinski definition) is 0. The largest absolute Gasteiger partial charge is 0.468 e. The van der Waals surface area contributed by atoms with E-state index in [-0.39, 0.29) is 6.42 Å². The predicted molar refractivity (Wildman–Crippen MR) is 56.3 cm³/mol. The van der Waals surface area contributed by atoms with Gasteiger partial charge in [-0.15, -0.1) is 0 Å². The maximum absolute atomic E-state index is 11.2. The summed E-state index contributed by atoms with van der Waals surface area (Å²) in [6.45, 7) is 0. The van der Waals surface area contributed by atoms with Crippen LogP contribution in [0.25, 0.3) is 0 Å². The molecule has 1 aromatic carbocycles. The molecule has 0 saturated carbocycles. The van der Waals surface area contributed by atoms with Gasteiger partial charge in [0.05, 0.1) is 13.2 Å². The zero-order chi connectivity index (χ0) is 11.3. The SMILES string of the molecule is COC(=O)[C@H](C#N)Cc1ccccc1Cl. The fourth-order valence-electron chi connectivity index (χ4n) is 1.21. The molecule has 0 radical (unpaired) electrons. The second-order valence-corrected chi connectivity index (χ2v) is 3.41. The number of hydrogen-bond acceptors (Lipinski definition) is 3. The second-order valence-electron chi connectivity index (χ2n) is 3.00. The number of carbonyl (C=O) groups is 1. The molecule has 0 aromatic heterocycles. The fraction of sp³-hybridized carbons (Fsp3) is 0.273. The first-order valence-electron chi connectivity index (χ1n) is 4.40. The van der Waals surface area contributed by atoms with Crippen molar-refractivity contribution in [3.63, 3.8) is 0 Å². The summed E-state index contributed by atoms with van der Waals surface area (Å²) in [6.07, 6.45) is 0.281. The van der Waals surface area contributed by atoms with Crippen molar-refractivity contribution in [2.24, 2.45) is 5.92 Å². The first kappa shape index (κ1) is 11.5. The van der Waals surface area contributed by atoms with E-state index in [2.05, 4.69) is 4.74 Å². The van der Waals surface area contributed by atoms with Gasteiger partial charge in [0.1, 0.15) is 5.92 Å². The van der Waals surface area contributed by atoms with Gasteiger partial charge in [-0.25, -0.2) is 0 Å². The van der Waals surface area contributed by atoms with Crippen LogP contribution in [0.15, 0.2) is 24.3 Å². The maximum Gasteiger partial charge on any atom is 0.323 e. The molecule has 0 unspecified atom stereocenters. The minimum absolute atomic E-state index is 0.281. The van der Waals surface area contributed by atoms with Crippen molar-refractivity contribution in [2.45, 2.75) is 6.42 Å². The topological polar surface area (TPSA) is 50.1 Å². The molecule has 15 heavy (non-hydrogen) atoms. The Kier molecular flexibility index (Phi) is 4.14. The highest BCUT2D eigenvalue weighted by molar-refractivity contribution is 6.31. The van der Waals surface area contributed by atoms with Gasteiger partial charge in [-0.3, -0.25) is 4.79 Å². The van der Waals surface area contributed by atoms with Gasteiger partial charge in [0.25, 0.3) is 0 Å². The summed E-state index contributed by atoms with van der Waals surface area (Å²) >= 11 is 5.91. The van der Waals surface area contributed by atoms with Crippen molar-refractivity contribution in [3.8, 4) is 6.07 Å². The average Bonchev–Trinajstić information content (AvgIpc) is 2.27. The summed E-state index contributed by atoms with van der Waals surface area (Å²) in [6, 6.07) is 9.02. The van der Waals surface area contributed by atoms with Crippen LogP contribution in [-0.2, 0) is 16.0 Å². The molecule has 1 aromatic rings. The number of rotatable bonds is 3. The smallest absolute Gasteiger partial charge is 0.323 e. The molecule has 0 fully saturated rings. The molecular weight excluding hydrogens is 214 g/mol. The van der Waals surface area contributed by atoms with Gasteiger partial charge in [-0.1, -0.05) is 29.8 Å². The minimum atomic E-state index is -0.796. The molecule has 0 N–H and O–H groups in total. The molecule has 0 aliphatic heterocycles. The van der Waals surface area contributed by atoms with E-state index in [0.717, 1.165) is 5.56 Å². The Bertz CT molecular complexity index is 398. The quantitative estimate of drug-likeness (QED) is 0.738. The van der Waals surface area contributed by atoms with E-state index in [9.17, 15) is 4.79 Å². The van der Waals surface area contributed by atoms with Crippen molar-refractivity contribution < 1.29 is 9.53 Å². The third-order valence-electron chi connectivity index (χ3n) is 2.02. The molecule has 4 heteroatoms. The molecule has 0 aliphatic rings. The summed E-state index contributed by atoms with van der Waals surface area (Å²) in [5.41, 5.74) is 0.774. The van der Waals surface area contributed by atoms with Crippen LogP contribution < -0.4 is 0 Å². The number of nitriles is 1. The molecule has 0 heterocycles. The summed E-state index contributed by atoms with van der Waals surface area (Å²) in [7, 11) is 1.26. The van der Waals surface area contributed by atoms with E-state index in [0.29, 0.717) is 5.02 Å². The third-order valence-corrected chi connectivity index (χ3v) is 2.39. The van der Waals surface area contributed by atoms with E-state index in [1.54, 1.807) is 18.2 Å². The monoisotopic (exact) mass is 223 g/mol. The Morgan fingerprint density at radius 3 is 2.80 bits per heavy atom. The molecule has 3 nitrogen and oxygen atoms in total. The average molecular weight is 224 g/mol. The molecule has 0 aliphatic carbocycles. The van der Waals surface area contributed by atoms with Crippen LogP contribution in [-0.4, -0.2) is 13.1 Å². The van der Waals surface area contributed by atoms with E-state index < -0.39 is 11.9 Å². The lowest BCUT2D eigenvalue weighted by atomic mass is 10.0. The van der Waals surface area contributed by atoms with E-state index in [1.807, 2.05) is 12.1 Å². The van der Waals surface area contributed by atoms with E-state index in [4.69, 9.17) is 16.9 Å². The van der Waals surface area contributed by atoms with Crippen molar-refractivity contribution >= 4 is 17.6 Å². The second kappa shape index (κ2) is 5.38. The van der Waals surface area contributed by atoms with Crippen molar-refractivity contribution in [1.29, 1.82) is 5.26 Å². The molecule has 78 valence electrons. The van der Waals surface area contributed by atoms with Crippen LogP contribution in [0.3, 0.4) is 0 Å². The molecule has 1 rings (SSSR count). The van der Waals surface area contributed by atoms with Crippen LogP contribution in [0.4, 0.5) is 0 Å². The van der Waals surface area contributed by atoms with Crippen LogP contribution in [0.5, 0.6) is 0 Å². The zero-order valence-corrected chi connectivity index (χ0v) is 8.99. The van der Waals surface area contributed by atoms with Gasteiger partial charge in [0.2, 0.25) is 0 Å². The Morgan fingerprint density at radius 1 is 1.60 bits per heavy atom. The van der Waals surface area contributed by atoms with Gasteiger partial charge in [-0.05, 0) is 11.6 Å². The van der Waals surface area contributed by atoms with Crippen molar-refractivity contribution in [3.05, 3.63) is 34.9 Å². The van der Waals surface area contributed by atoms with Gasteiger partial charge in [0.15, 0.2) is 0 Å². The summed E-state index contributed by atoms with van der Waals surface area (Å²) in [4.78, 5) is 11.2. The van der Waals surface area contributed by atoms with Gasteiger partial charge >= 0.3 is 5.97 Å². The van der Waals surface area contributed by atoms with Gasteiger partial charge < -0.3 is 4.74 Å². The minimum Gasteiger partial charge on any atom is -0.468 e. The molecule has 0 amide bonds. The van der Waals surface area contributed by atoms with Crippen LogP contribution in [0, 0.1) is 17.2 Å². The molecule has 1 atom stereocenters. The zero-order valence-electron chi connectivity index (χ0n) is 8.24. The highest BCUT2D eigenvalue weighted by Gasteiger charge is 2.19. The molecule has 0 saturated heterocycles. The Hall–Kier alpha value is -1.53. The summed E-state index contributed by atoms with van der Waals surface area (Å²) < 4.78 is 4.51. The number of carbonyl (C=O) groups excluding carboxylic acids is 1. The Labute approximate surface area is 93.2 Å². The van der Waals surface area contributed by atoms with Gasteiger partial charge in [0, 0.05) is 11.4 Å². The lowest BCUT2D eigenvalue weighted by Gasteiger charge is -2.07. The number of halogens is 1. The van der Waals surface area contributed by atoms with Gasteiger partial charge in [-0.2, -0.15) is 5.26 Å². The highest BCUT2D eigenvalue weighted by atomic mass is 35.5. The number of nitrogens with zero attached hydrogens (tertiary/aromatic N) is 1. The highest BCUT2D eigenvalue weighted by Crippen LogP contribution is 2.19. The Morgan fingerprint density at radius 2 is 2.27 bits per heavy atom. The van der Waals surface area contributed by atoms with Crippen LogP contribution in [0.1, 0.15) is 5.56 Å². The normalized spacial score (nSPS) is 11.5. The number of ether oxygens (including phenoxy) is 1. The number of esters is 1. The molecular formula is C11H10ClNO2. The first-order valence-corrected chi connectivity index (χ1v) is 4.77.